The zero-order valence-electron chi connectivity index (χ0n) is 9.19. The third-order valence-corrected chi connectivity index (χ3v) is 1.69. The van der Waals surface area contributed by atoms with Gasteiger partial charge in [0.2, 0.25) is 0 Å². The van der Waals surface area contributed by atoms with E-state index in [0.29, 0.717) is 0 Å². The number of rotatable bonds is 1. The molecule has 82 valence electrons. The molecule has 0 spiro atoms. The van der Waals surface area contributed by atoms with E-state index in [-0.39, 0.29) is 11.3 Å². The number of allylic oxidation sites excluding steroid dienone is 2. The van der Waals surface area contributed by atoms with Crippen molar-refractivity contribution in [2.24, 2.45) is 0 Å². The van der Waals surface area contributed by atoms with Crippen LogP contribution < -0.4 is 0 Å². The largest absolute Gasteiger partial charge is 0.508 e. The Hall–Kier alpha value is -1.77. The maximum atomic E-state index is 10.2. The van der Waals surface area contributed by atoms with Crippen LogP contribution in [0, 0.1) is 0 Å². The van der Waals surface area contributed by atoms with E-state index >= 15 is 0 Å². The molecule has 1 rings (SSSR count). The van der Waals surface area contributed by atoms with Gasteiger partial charge in [0.25, 0.3) is 0 Å². The summed E-state index contributed by atoms with van der Waals surface area (Å²) in [5.41, 5.74) is 1.56. The van der Waals surface area contributed by atoms with Crippen LogP contribution in [-0.2, 0) is 0 Å². The van der Waals surface area contributed by atoms with Crippen LogP contribution in [0.4, 0.5) is 0 Å². The first kappa shape index (κ1) is 13.2. The van der Waals surface area contributed by atoms with Crippen molar-refractivity contribution in [1.29, 1.82) is 0 Å². The number of carboxylic acid groups (broad SMARTS) is 1. The van der Waals surface area contributed by atoms with Crippen LogP contribution in [0.5, 0.6) is 5.75 Å². The lowest BCUT2D eigenvalue weighted by Gasteiger charge is -1.92. The quantitative estimate of drug-likeness (QED) is 0.697. The van der Waals surface area contributed by atoms with Crippen molar-refractivity contribution in [2.45, 2.75) is 20.8 Å². The van der Waals surface area contributed by atoms with Gasteiger partial charge < -0.3 is 10.2 Å². The summed E-state index contributed by atoms with van der Waals surface area (Å²) in [4.78, 5) is 10.2. The predicted octanol–water partition coefficient (Wildman–Crippen LogP) is 3.06. The van der Waals surface area contributed by atoms with E-state index in [0.717, 1.165) is 0 Å². The van der Waals surface area contributed by atoms with E-state index in [2.05, 4.69) is 19.9 Å². The lowest BCUT2D eigenvalue weighted by Crippen LogP contribution is -1.93. The lowest BCUT2D eigenvalue weighted by atomic mass is 10.2. The van der Waals surface area contributed by atoms with Gasteiger partial charge in [-0.1, -0.05) is 11.6 Å². The Morgan fingerprint density at radius 2 is 1.60 bits per heavy atom. The fourth-order valence-electron chi connectivity index (χ4n) is 0.604. The van der Waals surface area contributed by atoms with Crippen LogP contribution in [0.25, 0.3) is 0 Å². The molecule has 0 bridgehead atoms. The number of phenols is 1. The molecule has 3 heteroatoms. The van der Waals surface area contributed by atoms with E-state index in [1.54, 1.807) is 0 Å². The summed E-state index contributed by atoms with van der Waals surface area (Å²) in [6.45, 7) is 6.20. The van der Waals surface area contributed by atoms with Crippen LogP contribution in [0.3, 0.4) is 0 Å². The Labute approximate surface area is 89.7 Å². The van der Waals surface area contributed by atoms with Gasteiger partial charge in [0.15, 0.2) is 0 Å². The Balaban J connectivity index is 0.000000336. The molecule has 1 aromatic carbocycles. The van der Waals surface area contributed by atoms with Gasteiger partial charge in [0.05, 0.1) is 5.56 Å². The van der Waals surface area contributed by atoms with Gasteiger partial charge in [-0.3, -0.25) is 0 Å². The second kappa shape index (κ2) is 6.65. The average Bonchev–Trinajstić information content (AvgIpc) is 2.19. The van der Waals surface area contributed by atoms with E-state index in [1.807, 2.05) is 6.92 Å². The number of benzene rings is 1. The van der Waals surface area contributed by atoms with Gasteiger partial charge >= 0.3 is 5.97 Å². The summed E-state index contributed by atoms with van der Waals surface area (Å²) in [5.74, 6) is -0.912. The summed E-state index contributed by atoms with van der Waals surface area (Å²) in [6.07, 6.45) is 2.08. The highest BCUT2D eigenvalue weighted by Gasteiger charge is 1.99. The number of phenolic OH excluding ortho intramolecular Hbond substituents is 1. The molecule has 15 heavy (non-hydrogen) atoms. The molecule has 1 aromatic rings. The third kappa shape index (κ3) is 6.32. The third-order valence-electron chi connectivity index (χ3n) is 1.69. The number of hydrogen-bond acceptors (Lipinski definition) is 2. The summed E-state index contributed by atoms with van der Waals surface area (Å²) < 4.78 is 0. The topological polar surface area (TPSA) is 57.5 Å². The van der Waals surface area contributed by atoms with Gasteiger partial charge in [-0.25, -0.2) is 4.79 Å². The van der Waals surface area contributed by atoms with Crippen LogP contribution in [0.15, 0.2) is 35.9 Å². The summed E-state index contributed by atoms with van der Waals surface area (Å²) in [7, 11) is 0. The van der Waals surface area contributed by atoms with Crippen molar-refractivity contribution in [3.05, 3.63) is 41.5 Å². The first-order valence-electron chi connectivity index (χ1n) is 4.59. The van der Waals surface area contributed by atoms with Crippen molar-refractivity contribution < 1.29 is 15.0 Å². The number of carboxylic acids is 1. The Kier molecular flexibility index (Phi) is 5.86. The molecule has 0 saturated carbocycles. The van der Waals surface area contributed by atoms with Gasteiger partial charge in [-0.15, -0.1) is 0 Å². The molecule has 0 aromatic heterocycles. The fourth-order valence-corrected chi connectivity index (χ4v) is 0.604. The second-order valence-electron chi connectivity index (χ2n) is 3.22. The predicted molar refractivity (Wildman–Crippen MR) is 60.2 cm³/mol. The highest BCUT2D eigenvalue weighted by molar-refractivity contribution is 5.87. The monoisotopic (exact) mass is 208 g/mol. The number of carbonyl (C=O) groups is 1. The van der Waals surface area contributed by atoms with Crippen LogP contribution in [0.1, 0.15) is 31.1 Å². The highest BCUT2D eigenvalue weighted by Crippen LogP contribution is 2.08. The van der Waals surface area contributed by atoms with Crippen LogP contribution in [0.2, 0.25) is 0 Å². The first-order chi connectivity index (χ1) is 6.97. The van der Waals surface area contributed by atoms with Crippen molar-refractivity contribution in [1.82, 2.24) is 0 Å². The van der Waals surface area contributed by atoms with Crippen molar-refractivity contribution in [3.63, 3.8) is 0 Å². The molecule has 0 atom stereocenters. The standard InChI is InChI=1S/C7H6O3.C5H10/c8-6-3-1-5(2-4-6)7(9)10;1-4-5(2)3/h1-4,8H,(H,9,10);4H,1-3H3. The van der Waals surface area contributed by atoms with Crippen molar-refractivity contribution in [2.75, 3.05) is 0 Å². The second-order valence-corrected chi connectivity index (χ2v) is 3.22. The molecule has 0 amide bonds. The molecule has 0 fully saturated rings. The zero-order chi connectivity index (χ0) is 11.8. The lowest BCUT2D eigenvalue weighted by molar-refractivity contribution is 0.0697. The minimum absolute atomic E-state index is 0.0741. The van der Waals surface area contributed by atoms with Crippen LogP contribution in [-0.4, -0.2) is 16.2 Å². The average molecular weight is 208 g/mol. The molecular weight excluding hydrogens is 192 g/mol. The molecule has 0 heterocycles. The SMILES string of the molecule is CC=C(C)C.O=C(O)c1ccc(O)cc1. The summed E-state index contributed by atoms with van der Waals surface area (Å²) in [6, 6.07) is 5.36. The molecule has 0 unspecified atom stereocenters. The molecule has 2 N–H and O–H groups in total. The van der Waals surface area contributed by atoms with E-state index in [1.165, 1.54) is 29.8 Å². The maximum Gasteiger partial charge on any atom is 0.335 e. The molecular formula is C12H16O3. The molecule has 0 saturated heterocycles. The normalized spacial score (nSPS) is 8.47. The van der Waals surface area contributed by atoms with E-state index in [9.17, 15) is 4.79 Å². The maximum absolute atomic E-state index is 10.2. The van der Waals surface area contributed by atoms with Gasteiger partial charge in [-0.05, 0) is 45.0 Å². The molecule has 0 aliphatic heterocycles. The van der Waals surface area contributed by atoms with Gasteiger partial charge in [0, 0.05) is 0 Å². The Morgan fingerprint density at radius 3 is 1.87 bits per heavy atom. The van der Waals surface area contributed by atoms with E-state index in [4.69, 9.17) is 10.2 Å². The summed E-state index contributed by atoms with van der Waals surface area (Å²) >= 11 is 0. The van der Waals surface area contributed by atoms with E-state index < -0.39 is 5.97 Å². The summed E-state index contributed by atoms with van der Waals surface area (Å²) in [5, 5.41) is 17.1. The van der Waals surface area contributed by atoms with Crippen molar-refractivity contribution >= 4 is 5.97 Å². The van der Waals surface area contributed by atoms with Gasteiger partial charge in [0.1, 0.15) is 5.75 Å². The fraction of sp³-hybridized carbons (Fsp3) is 0.250. The van der Waals surface area contributed by atoms with Crippen molar-refractivity contribution in [3.8, 4) is 5.75 Å². The van der Waals surface area contributed by atoms with Gasteiger partial charge in [-0.2, -0.15) is 0 Å². The molecule has 0 aliphatic rings. The first-order valence-corrected chi connectivity index (χ1v) is 4.59. The molecule has 0 aliphatic carbocycles. The minimum Gasteiger partial charge on any atom is -0.508 e. The molecule has 3 nitrogen and oxygen atoms in total. The smallest absolute Gasteiger partial charge is 0.335 e. The Bertz CT molecular complexity index is 332. The van der Waals surface area contributed by atoms with Crippen LogP contribution >= 0.6 is 0 Å². The molecule has 0 radical (unpaired) electrons. The Morgan fingerprint density at radius 1 is 1.20 bits per heavy atom. The number of hydrogen-bond donors (Lipinski definition) is 2. The number of aromatic hydroxyl groups is 1. The highest BCUT2D eigenvalue weighted by atomic mass is 16.4. The minimum atomic E-state index is -0.986. The number of aromatic carboxylic acids is 1. The zero-order valence-corrected chi connectivity index (χ0v) is 9.19.